The first-order valence-electron chi connectivity index (χ1n) is 7.27. The molecule has 1 aliphatic rings. The molecule has 1 heterocycles. The summed E-state index contributed by atoms with van der Waals surface area (Å²) in [7, 11) is 0. The van der Waals surface area contributed by atoms with E-state index in [-0.39, 0.29) is 17.9 Å². The molecule has 0 radical (unpaired) electrons. The molecule has 1 N–H and O–H groups in total. The van der Waals surface area contributed by atoms with Gasteiger partial charge in [-0.25, -0.2) is 13.6 Å². The van der Waals surface area contributed by atoms with E-state index in [9.17, 15) is 18.4 Å². The predicted octanol–water partition coefficient (Wildman–Crippen LogP) is 3.18. The van der Waals surface area contributed by atoms with Crippen LogP contribution in [0.4, 0.5) is 8.78 Å². The van der Waals surface area contributed by atoms with Gasteiger partial charge in [-0.05, 0) is 45.4 Å². The van der Waals surface area contributed by atoms with Crippen molar-refractivity contribution >= 4 is 11.9 Å². The summed E-state index contributed by atoms with van der Waals surface area (Å²) in [6.07, 6.45) is -0.0308. The van der Waals surface area contributed by atoms with Crippen LogP contribution in [0.25, 0.3) is 0 Å². The van der Waals surface area contributed by atoms with E-state index in [4.69, 9.17) is 4.74 Å². The number of hydrogen-bond acceptors (Lipinski definition) is 3. The van der Waals surface area contributed by atoms with Crippen molar-refractivity contribution in [3.8, 4) is 0 Å². The Morgan fingerprint density at radius 3 is 2.48 bits per heavy atom. The zero-order chi connectivity index (χ0) is 17.4. The van der Waals surface area contributed by atoms with Crippen LogP contribution in [-0.2, 0) is 14.3 Å². The number of allylic oxidation sites excluding steroid dienone is 1. The lowest BCUT2D eigenvalue weighted by Crippen LogP contribution is -2.36. The smallest absolute Gasteiger partial charge is 0.336 e. The molecule has 1 atom stereocenters. The Bertz CT molecular complexity index is 690. The van der Waals surface area contributed by atoms with Gasteiger partial charge in [0.2, 0.25) is 5.91 Å². The van der Waals surface area contributed by atoms with Crippen molar-refractivity contribution in [2.24, 2.45) is 0 Å². The molecular formula is C17H19F2NO3. The second-order valence-corrected chi connectivity index (χ2v) is 6.52. The van der Waals surface area contributed by atoms with E-state index >= 15 is 0 Å². The van der Waals surface area contributed by atoms with Crippen LogP contribution in [-0.4, -0.2) is 17.5 Å². The van der Waals surface area contributed by atoms with Crippen LogP contribution in [0.5, 0.6) is 0 Å². The number of esters is 1. The highest BCUT2D eigenvalue weighted by Crippen LogP contribution is 2.34. The number of benzene rings is 1. The van der Waals surface area contributed by atoms with Gasteiger partial charge in [0, 0.05) is 18.0 Å². The van der Waals surface area contributed by atoms with Crippen LogP contribution < -0.4 is 5.32 Å². The number of carbonyl (C=O) groups excluding carboxylic acids is 2. The summed E-state index contributed by atoms with van der Waals surface area (Å²) in [5.74, 6) is -3.54. The zero-order valence-electron chi connectivity index (χ0n) is 13.5. The number of ether oxygens (including phenoxy) is 1. The lowest BCUT2D eigenvalue weighted by molar-refractivity contribution is -0.150. The fraction of sp³-hybridized carbons (Fsp3) is 0.412. The number of nitrogens with one attached hydrogen (secondary N) is 1. The maximum Gasteiger partial charge on any atom is 0.336 e. The molecule has 0 spiro atoms. The maximum atomic E-state index is 13.5. The Hall–Kier alpha value is -2.24. The number of hydrogen-bond donors (Lipinski definition) is 1. The molecule has 0 fully saturated rings. The first-order chi connectivity index (χ1) is 10.6. The minimum Gasteiger partial charge on any atom is -0.457 e. The quantitative estimate of drug-likeness (QED) is 0.851. The molecular weight excluding hydrogens is 304 g/mol. The molecule has 1 aromatic rings. The normalized spacial score (nSPS) is 18.7. The largest absolute Gasteiger partial charge is 0.457 e. The fourth-order valence-corrected chi connectivity index (χ4v) is 2.52. The van der Waals surface area contributed by atoms with Gasteiger partial charge in [0.05, 0.1) is 5.57 Å². The Morgan fingerprint density at radius 2 is 1.91 bits per heavy atom. The molecule has 0 saturated carbocycles. The highest BCUT2D eigenvalue weighted by molar-refractivity contribution is 5.96. The van der Waals surface area contributed by atoms with Gasteiger partial charge in [-0.3, -0.25) is 4.79 Å². The van der Waals surface area contributed by atoms with Gasteiger partial charge in [-0.15, -0.1) is 0 Å². The van der Waals surface area contributed by atoms with Crippen molar-refractivity contribution in [2.75, 3.05) is 0 Å². The van der Waals surface area contributed by atoms with E-state index in [1.807, 2.05) is 0 Å². The first kappa shape index (κ1) is 17.1. The lowest BCUT2D eigenvalue weighted by atomic mass is 9.84. The van der Waals surface area contributed by atoms with Crippen molar-refractivity contribution in [3.05, 3.63) is 46.7 Å². The van der Waals surface area contributed by atoms with Crippen LogP contribution in [0.1, 0.15) is 45.6 Å². The monoisotopic (exact) mass is 323 g/mol. The lowest BCUT2D eigenvalue weighted by Gasteiger charge is -2.29. The van der Waals surface area contributed by atoms with Gasteiger partial charge in [-0.2, -0.15) is 0 Å². The van der Waals surface area contributed by atoms with E-state index in [0.717, 1.165) is 12.1 Å². The standard InChI is InChI=1S/C17H19F2NO3/c1-9-15(16(22)23-17(2,3)4)11(8-14(21)20-9)10-5-6-12(18)13(19)7-10/h5-7,11H,8H2,1-4H3,(H,20,21)/t11-/m1/s1. The van der Waals surface area contributed by atoms with E-state index in [0.29, 0.717) is 11.3 Å². The van der Waals surface area contributed by atoms with Crippen molar-refractivity contribution in [3.63, 3.8) is 0 Å². The van der Waals surface area contributed by atoms with Crippen LogP contribution in [0.3, 0.4) is 0 Å². The van der Waals surface area contributed by atoms with Gasteiger partial charge < -0.3 is 10.1 Å². The fourth-order valence-electron chi connectivity index (χ4n) is 2.52. The van der Waals surface area contributed by atoms with Crippen LogP contribution >= 0.6 is 0 Å². The average molecular weight is 323 g/mol. The third kappa shape index (κ3) is 3.94. The Balaban J connectivity index is 2.45. The molecule has 0 bridgehead atoms. The molecule has 0 unspecified atom stereocenters. The van der Waals surface area contributed by atoms with Gasteiger partial charge in [0.1, 0.15) is 5.60 Å². The van der Waals surface area contributed by atoms with E-state index in [1.165, 1.54) is 6.07 Å². The highest BCUT2D eigenvalue weighted by atomic mass is 19.2. The number of carbonyl (C=O) groups is 2. The summed E-state index contributed by atoms with van der Waals surface area (Å²) >= 11 is 0. The topological polar surface area (TPSA) is 55.4 Å². The van der Waals surface area contributed by atoms with Crippen LogP contribution in [0.2, 0.25) is 0 Å². The number of halogens is 2. The molecule has 1 aliphatic heterocycles. The molecule has 0 aliphatic carbocycles. The van der Waals surface area contributed by atoms with Crippen LogP contribution in [0.15, 0.2) is 29.5 Å². The summed E-state index contributed by atoms with van der Waals surface area (Å²) in [6, 6.07) is 3.37. The Labute approximate surface area is 133 Å². The van der Waals surface area contributed by atoms with Crippen LogP contribution in [0, 0.1) is 11.6 Å². The van der Waals surface area contributed by atoms with Gasteiger partial charge in [0.25, 0.3) is 0 Å². The van der Waals surface area contributed by atoms with E-state index < -0.39 is 29.1 Å². The zero-order valence-corrected chi connectivity index (χ0v) is 13.5. The average Bonchev–Trinajstić information content (AvgIpc) is 2.38. The Morgan fingerprint density at radius 1 is 1.26 bits per heavy atom. The van der Waals surface area contributed by atoms with E-state index in [1.54, 1.807) is 27.7 Å². The Kier molecular flexibility index (Phi) is 4.54. The van der Waals surface area contributed by atoms with Crippen molar-refractivity contribution in [2.45, 2.75) is 45.6 Å². The molecule has 0 aromatic heterocycles. The SMILES string of the molecule is CC1=C(C(=O)OC(C)(C)C)[C@@H](c2ccc(F)c(F)c2)CC(=O)N1. The molecule has 1 amide bonds. The van der Waals surface area contributed by atoms with Crippen molar-refractivity contribution < 1.29 is 23.1 Å². The molecule has 124 valence electrons. The minimum atomic E-state index is -1.02. The number of rotatable bonds is 2. The summed E-state index contributed by atoms with van der Waals surface area (Å²) in [6.45, 7) is 6.78. The van der Waals surface area contributed by atoms with Crippen molar-refractivity contribution in [1.29, 1.82) is 0 Å². The number of amides is 1. The van der Waals surface area contributed by atoms with Gasteiger partial charge in [0.15, 0.2) is 11.6 Å². The summed E-state index contributed by atoms with van der Waals surface area (Å²) in [4.78, 5) is 24.3. The molecule has 0 saturated heterocycles. The van der Waals surface area contributed by atoms with Gasteiger partial charge >= 0.3 is 5.97 Å². The molecule has 1 aromatic carbocycles. The van der Waals surface area contributed by atoms with Gasteiger partial charge in [-0.1, -0.05) is 6.07 Å². The highest BCUT2D eigenvalue weighted by Gasteiger charge is 2.34. The summed E-state index contributed by atoms with van der Waals surface area (Å²) < 4.78 is 32.0. The minimum absolute atomic E-state index is 0.0308. The summed E-state index contributed by atoms with van der Waals surface area (Å²) in [5.41, 5.74) is 0.277. The second kappa shape index (κ2) is 6.10. The first-order valence-corrected chi connectivity index (χ1v) is 7.27. The maximum absolute atomic E-state index is 13.5. The molecule has 4 nitrogen and oxygen atoms in total. The molecule has 23 heavy (non-hydrogen) atoms. The predicted molar refractivity (Wildman–Crippen MR) is 80.4 cm³/mol. The third-order valence-corrected chi connectivity index (χ3v) is 3.43. The van der Waals surface area contributed by atoms with Crippen molar-refractivity contribution in [1.82, 2.24) is 5.32 Å². The molecule has 2 rings (SSSR count). The second-order valence-electron chi connectivity index (χ2n) is 6.52. The van der Waals surface area contributed by atoms with E-state index in [2.05, 4.69) is 5.32 Å². The third-order valence-electron chi connectivity index (χ3n) is 3.43. The molecule has 6 heteroatoms. The summed E-state index contributed by atoms with van der Waals surface area (Å²) in [5, 5.41) is 2.59.